The molecule has 0 saturated heterocycles. The molecule has 0 fully saturated rings. The minimum Gasteiger partial charge on any atom is -0.494 e. The number of Topliss-reactive ketones (excluding diaryl/α,β-unsaturated/α-hetero) is 1. The number of ketones is 1. The molecule has 0 spiro atoms. The second-order valence-corrected chi connectivity index (χ2v) is 12.7. The molecule has 0 saturated carbocycles. The van der Waals surface area contributed by atoms with Crippen LogP contribution in [-0.4, -0.2) is 18.3 Å². The van der Waals surface area contributed by atoms with Crippen molar-refractivity contribution in [3.05, 3.63) is 130 Å². The number of aryl methyl sites for hydroxylation is 2. The number of thioether (sulfide) groups is 1. The molecular formula is C41H48FNO3S. The van der Waals surface area contributed by atoms with Crippen molar-refractivity contribution in [3.8, 4) is 5.75 Å². The van der Waals surface area contributed by atoms with Gasteiger partial charge in [-0.15, -0.1) is 0 Å². The molecule has 0 atom stereocenters. The number of hydrogen-bond acceptors (Lipinski definition) is 4. The molecule has 6 heteroatoms. The van der Waals surface area contributed by atoms with Crippen LogP contribution < -0.4 is 10.1 Å². The van der Waals surface area contributed by atoms with Gasteiger partial charge in [0.2, 0.25) is 5.91 Å². The number of nitrogens with one attached hydrogen (secondary N) is 1. The molecule has 1 N–H and O–H groups in total. The number of amides is 1. The van der Waals surface area contributed by atoms with Crippen LogP contribution in [0.4, 0.5) is 4.39 Å². The minimum atomic E-state index is -0.232. The van der Waals surface area contributed by atoms with Crippen LogP contribution in [0.5, 0.6) is 5.75 Å². The summed E-state index contributed by atoms with van der Waals surface area (Å²) >= 11 is 1.59. The van der Waals surface area contributed by atoms with Crippen LogP contribution in [0.1, 0.15) is 93.4 Å². The number of carbonyl (C=O) groups excluding carboxylic acids is 2. The largest absolute Gasteiger partial charge is 0.494 e. The maximum atomic E-state index is 13.9. The van der Waals surface area contributed by atoms with Gasteiger partial charge in [0.05, 0.1) is 6.61 Å². The van der Waals surface area contributed by atoms with Gasteiger partial charge in [-0.05, 0) is 104 Å². The van der Waals surface area contributed by atoms with E-state index in [0.29, 0.717) is 25.2 Å². The average Bonchev–Trinajstić information content (AvgIpc) is 3.07. The molecule has 1 amide bonds. The molecule has 3 aromatic carbocycles. The molecule has 0 aliphatic carbocycles. The number of ether oxygens (including phenoxy) is 1. The van der Waals surface area contributed by atoms with E-state index in [1.807, 2.05) is 90.1 Å². The number of rotatable bonds is 16. The molecule has 4 nitrogen and oxygen atoms in total. The minimum absolute atomic E-state index is 0.0517. The Balaban J connectivity index is 1.55. The first-order valence-corrected chi connectivity index (χ1v) is 17.3. The van der Waals surface area contributed by atoms with E-state index < -0.39 is 0 Å². The summed E-state index contributed by atoms with van der Waals surface area (Å²) in [4.78, 5) is 27.2. The van der Waals surface area contributed by atoms with Gasteiger partial charge in [0, 0.05) is 33.4 Å². The first-order chi connectivity index (χ1) is 22.6. The summed E-state index contributed by atoms with van der Waals surface area (Å²) in [6.45, 7) is 14.2. The van der Waals surface area contributed by atoms with Crippen LogP contribution in [0.15, 0.2) is 102 Å². The first-order valence-electron chi connectivity index (χ1n) is 16.5. The summed E-state index contributed by atoms with van der Waals surface area (Å²) in [6.07, 6.45) is 12.5. The number of allylic oxidation sites excluding steroid dienone is 6. The van der Waals surface area contributed by atoms with Crippen molar-refractivity contribution in [1.29, 1.82) is 0 Å². The van der Waals surface area contributed by atoms with E-state index >= 15 is 0 Å². The van der Waals surface area contributed by atoms with Crippen molar-refractivity contribution in [2.75, 3.05) is 6.61 Å². The molecule has 0 aromatic heterocycles. The standard InChI is InChI=1S/C41H48FNO3S/c1-8-13-38(47-39-27-34(42)21-15-29(39)7)33-18-16-32(17-19-33)30(9-2)20-22-35(11-4)43-40(44)14-12-25-46-36-23-24-37(31(10-3)26-36)41(45)28(5)6/h9,11,13,15-24,26-28H,8,10,12,14,25H2,1-7H3,(H,43,44)/b22-20-,30-9+,35-11+,38-13+. The molecule has 0 aliphatic heterocycles. The third-order valence-corrected chi connectivity index (χ3v) is 8.96. The topological polar surface area (TPSA) is 55.4 Å². The van der Waals surface area contributed by atoms with E-state index in [1.165, 1.54) is 6.07 Å². The predicted octanol–water partition coefficient (Wildman–Crippen LogP) is 10.9. The van der Waals surface area contributed by atoms with E-state index in [-0.39, 0.29) is 23.4 Å². The fraction of sp³-hybridized carbons (Fsp3) is 0.317. The first kappa shape index (κ1) is 37.3. The lowest BCUT2D eigenvalue weighted by Crippen LogP contribution is -2.22. The van der Waals surface area contributed by atoms with Crippen LogP contribution in [-0.2, 0) is 11.2 Å². The third kappa shape index (κ3) is 11.2. The molecule has 3 rings (SSSR count). The Hall–Kier alpha value is -4.16. The zero-order chi connectivity index (χ0) is 34.3. The summed E-state index contributed by atoms with van der Waals surface area (Å²) in [6, 6.07) is 18.9. The van der Waals surface area contributed by atoms with Crippen molar-refractivity contribution in [1.82, 2.24) is 5.32 Å². The van der Waals surface area contributed by atoms with Gasteiger partial charge in [-0.1, -0.05) is 94.1 Å². The van der Waals surface area contributed by atoms with Crippen LogP contribution in [0.25, 0.3) is 10.5 Å². The van der Waals surface area contributed by atoms with E-state index in [2.05, 4.69) is 42.6 Å². The highest BCUT2D eigenvalue weighted by molar-refractivity contribution is 8.08. The van der Waals surface area contributed by atoms with Gasteiger partial charge < -0.3 is 10.1 Å². The predicted molar refractivity (Wildman–Crippen MR) is 196 cm³/mol. The van der Waals surface area contributed by atoms with Crippen LogP contribution in [0.2, 0.25) is 0 Å². The monoisotopic (exact) mass is 653 g/mol. The lowest BCUT2D eigenvalue weighted by molar-refractivity contribution is -0.120. The maximum Gasteiger partial charge on any atom is 0.224 e. The van der Waals surface area contributed by atoms with Gasteiger partial charge in [-0.2, -0.15) is 0 Å². The molecule has 0 aliphatic rings. The normalized spacial score (nSPS) is 12.6. The summed E-state index contributed by atoms with van der Waals surface area (Å²) in [5.41, 5.74) is 6.67. The number of benzene rings is 3. The van der Waals surface area contributed by atoms with Gasteiger partial charge in [-0.25, -0.2) is 4.39 Å². The quantitative estimate of drug-likeness (QED) is 0.0723. The summed E-state index contributed by atoms with van der Waals surface area (Å²) in [7, 11) is 0. The SMILES string of the molecule is C\C=C(/C=C\C(=C/C)c1ccc(/C(=C\CC)Sc2cc(F)ccc2C)cc1)NC(=O)CCCOc1ccc(C(=O)C(C)C)c(CC)c1. The fourth-order valence-electron chi connectivity index (χ4n) is 4.93. The van der Waals surface area contributed by atoms with Crippen molar-refractivity contribution in [2.45, 2.75) is 79.0 Å². The molecule has 3 aromatic rings. The Labute approximate surface area is 284 Å². The lowest BCUT2D eigenvalue weighted by atomic mass is 9.95. The lowest BCUT2D eigenvalue weighted by Gasteiger charge is -2.13. The zero-order valence-electron chi connectivity index (χ0n) is 28.8. The van der Waals surface area contributed by atoms with Gasteiger partial charge >= 0.3 is 0 Å². The van der Waals surface area contributed by atoms with E-state index in [9.17, 15) is 14.0 Å². The van der Waals surface area contributed by atoms with Gasteiger partial charge in [0.15, 0.2) is 5.78 Å². The third-order valence-electron chi connectivity index (χ3n) is 7.67. The molecule has 0 bridgehead atoms. The number of carbonyl (C=O) groups is 2. The summed E-state index contributed by atoms with van der Waals surface area (Å²) in [5.74, 6) is 0.490. The highest BCUT2D eigenvalue weighted by Crippen LogP contribution is 2.37. The highest BCUT2D eigenvalue weighted by atomic mass is 32.2. The molecule has 47 heavy (non-hydrogen) atoms. The Kier molecular flexibility index (Phi) is 15.0. The van der Waals surface area contributed by atoms with Gasteiger partial charge in [0.25, 0.3) is 0 Å². The van der Waals surface area contributed by atoms with Crippen LogP contribution >= 0.6 is 11.8 Å². The Morgan fingerprint density at radius 3 is 2.30 bits per heavy atom. The van der Waals surface area contributed by atoms with E-state index in [0.717, 1.165) is 61.7 Å². The van der Waals surface area contributed by atoms with Crippen molar-refractivity contribution in [2.24, 2.45) is 5.92 Å². The Bertz CT molecular complexity index is 1650. The van der Waals surface area contributed by atoms with E-state index in [4.69, 9.17) is 4.74 Å². The van der Waals surface area contributed by atoms with Crippen molar-refractivity contribution in [3.63, 3.8) is 0 Å². The molecule has 0 unspecified atom stereocenters. The van der Waals surface area contributed by atoms with Gasteiger partial charge in [0.1, 0.15) is 11.6 Å². The molecular weight excluding hydrogens is 606 g/mol. The second kappa shape index (κ2) is 18.9. The maximum absolute atomic E-state index is 13.9. The Morgan fingerprint density at radius 1 is 0.936 bits per heavy atom. The highest BCUT2D eigenvalue weighted by Gasteiger charge is 2.15. The molecule has 248 valence electrons. The number of hydrogen-bond donors (Lipinski definition) is 1. The average molecular weight is 654 g/mol. The van der Waals surface area contributed by atoms with Crippen molar-refractivity contribution < 1.29 is 18.7 Å². The van der Waals surface area contributed by atoms with Gasteiger partial charge in [-0.3, -0.25) is 9.59 Å². The van der Waals surface area contributed by atoms with Crippen LogP contribution in [0, 0.1) is 18.7 Å². The Morgan fingerprint density at radius 2 is 1.66 bits per heavy atom. The fourth-order valence-corrected chi connectivity index (χ4v) is 6.07. The zero-order valence-corrected chi connectivity index (χ0v) is 29.6. The van der Waals surface area contributed by atoms with Crippen molar-refractivity contribution >= 4 is 33.9 Å². The second-order valence-electron chi connectivity index (χ2n) is 11.6. The smallest absolute Gasteiger partial charge is 0.224 e. The van der Waals surface area contributed by atoms with Crippen LogP contribution in [0.3, 0.4) is 0 Å². The summed E-state index contributed by atoms with van der Waals surface area (Å²) < 4.78 is 19.8. The summed E-state index contributed by atoms with van der Waals surface area (Å²) in [5, 5.41) is 2.99. The number of halogens is 1. The molecule has 0 heterocycles. The molecule has 0 radical (unpaired) electrons. The van der Waals surface area contributed by atoms with E-state index in [1.54, 1.807) is 17.8 Å².